The summed E-state index contributed by atoms with van der Waals surface area (Å²) in [6.07, 6.45) is 5.70. The molecule has 42 valence electrons. The van der Waals surface area contributed by atoms with Gasteiger partial charge in [0.1, 0.15) is 0 Å². The van der Waals surface area contributed by atoms with Gasteiger partial charge in [-0.25, -0.2) is 0 Å². The summed E-state index contributed by atoms with van der Waals surface area (Å²) in [5.41, 5.74) is 1.16. The van der Waals surface area contributed by atoms with Crippen molar-refractivity contribution in [2.45, 2.75) is 0 Å². The topological polar surface area (TPSA) is 12.4 Å². The Morgan fingerprint density at radius 1 is 1.75 bits per heavy atom. The molecular weight excluding hydrogens is 118 g/mol. The van der Waals surface area contributed by atoms with Crippen LogP contribution < -0.4 is 0 Å². The Bertz CT molecular complexity index is 156. The SMILES string of the molecule is S/C=C1\C=CC=NC1. The lowest BCUT2D eigenvalue weighted by molar-refractivity contribution is 1.19. The molecule has 0 aromatic heterocycles. The minimum atomic E-state index is 0.778. The van der Waals surface area contributed by atoms with Gasteiger partial charge in [0.2, 0.25) is 0 Å². The summed E-state index contributed by atoms with van der Waals surface area (Å²) in [4.78, 5) is 4.00. The van der Waals surface area contributed by atoms with Crippen molar-refractivity contribution in [3.05, 3.63) is 23.1 Å². The second-order valence-electron chi connectivity index (χ2n) is 1.55. The van der Waals surface area contributed by atoms with E-state index in [0.717, 1.165) is 12.1 Å². The van der Waals surface area contributed by atoms with Gasteiger partial charge in [-0.15, -0.1) is 0 Å². The molecule has 1 aliphatic heterocycles. The Hall–Kier alpha value is -0.500. The molecule has 0 amide bonds. The first-order valence-corrected chi connectivity index (χ1v) is 2.95. The first-order valence-electron chi connectivity index (χ1n) is 2.43. The van der Waals surface area contributed by atoms with Gasteiger partial charge in [0.15, 0.2) is 0 Å². The molecule has 0 bridgehead atoms. The van der Waals surface area contributed by atoms with Crippen molar-refractivity contribution in [2.24, 2.45) is 4.99 Å². The number of thiol groups is 1. The number of aliphatic imine (C=N–C) groups is 1. The van der Waals surface area contributed by atoms with Crippen LogP contribution in [-0.4, -0.2) is 12.8 Å². The zero-order chi connectivity index (χ0) is 5.82. The first kappa shape index (κ1) is 5.63. The first-order chi connectivity index (χ1) is 3.93. The molecule has 0 fully saturated rings. The third-order valence-electron chi connectivity index (χ3n) is 0.941. The van der Waals surface area contributed by atoms with E-state index in [-0.39, 0.29) is 0 Å². The van der Waals surface area contributed by atoms with Gasteiger partial charge in [0.05, 0.1) is 6.54 Å². The van der Waals surface area contributed by atoms with E-state index in [2.05, 4.69) is 17.6 Å². The van der Waals surface area contributed by atoms with Crippen LogP contribution in [0.3, 0.4) is 0 Å². The van der Waals surface area contributed by atoms with Gasteiger partial charge >= 0.3 is 0 Å². The van der Waals surface area contributed by atoms with Crippen LogP contribution >= 0.6 is 12.6 Å². The third-order valence-corrected chi connectivity index (χ3v) is 1.27. The van der Waals surface area contributed by atoms with Crippen LogP contribution in [0.15, 0.2) is 28.1 Å². The largest absolute Gasteiger partial charge is 0.288 e. The fourth-order valence-electron chi connectivity index (χ4n) is 0.522. The van der Waals surface area contributed by atoms with Crippen molar-refractivity contribution < 1.29 is 0 Å². The maximum atomic E-state index is 4.00. The smallest absolute Gasteiger partial charge is 0.0644 e. The van der Waals surface area contributed by atoms with Crippen molar-refractivity contribution in [3.8, 4) is 0 Å². The van der Waals surface area contributed by atoms with Crippen molar-refractivity contribution in [2.75, 3.05) is 6.54 Å². The van der Waals surface area contributed by atoms with Gasteiger partial charge < -0.3 is 0 Å². The number of hydrogen-bond donors (Lipinski definition) is 1. The highest BCUT2D eigenvalue weighted by Crippen LogP contribution is 2.01. The number of dihydropyridines is 1. The molecular formula is C6H7NS. The summed E-state index contributed by atoms with van der Waals surface area (Å²) in [5, 5.41) is 1.77. The Labute approximate surface area is 54.2 Å². The van der Waals surface area contributed by atoms with Crippen LogP contribution in [0.4, 0.5) is 0 Å². The molecule has 0 radical (unpaired) electrons. The summed E-state index contributed by atoms with van der Waals surface area (Å²) in [6.45, 7) is 0.778. The van der Waals surface area contributed by atoms with E-state index >= 15 is 0 Å². The molecule has 0 saturated carbocycles. The van der Waals surface area contributed by atoms with Crippen molar-refractivity contribution in [3.63, 3.8) is 0 Å². The van der Waals surface area contributed by atoms with E-state index in [9.17, 15) is 0 Å². The molecule has 1 nitrogen and oxygen atoms in total. The lowest BCUT2D eigenvalue weighted by atomic mass is 10.2. The van der Waals surface area contributed by atoms with Gasteiger partial charge in [-0.3, -0.25) is 4.99 Å². The highest BCUT2D eigenvalue weighted by atomic mass is 32.1. The number of allylic oxidation sites excluding steroid dienone is 1. The van der Waals surface area contributed by atoms with Gasteiger partial charge in [0.25, 0.3) is 0 Å². The molecule has 0 aromatic carbocycles. The fraction of sp³-hybridized carbons (Fsp3) is 0.167. The quantitative estimate of drug-likeness (QED) is 0.470. The zero-order valence-electron chi connectivity index (χ0n) is 4.41. The predicted octanol–water partition coefficient (Wildman–Crippen LogP) is 1.44. The van der Waals surface area contributed by atoms with Crippen LogP contribution in [0.5, 0.6) is 0 Å². The van der Waals surface area contributed by atoms with E-state index in [1.165, 1.54) is 0 Å². The molecule has 0 aromatic rings. The van der Waals surface area contributed by atoms with Crippen LogP contribution in [0.2, 0.25) is 0 Å². The number of nitrogens with zero attached hydrogens (tertiary/aromatic N) is 1. The van der Waals surface area contributed by atoms with E-state index in [1.807, 2.05) is 12.2 Å². The summed E-state index contributed by atoms with van der Waals surface area (Å²) >= 11 is 3.98. The highest BCUT2D eigenvalue weighted by Gasteiger charge is 1.89. The lowest BCUT2D eigenvalue weighted by Crippen LogP contribution is -1.88. The molecule has 0 saturated heterocycles. The maximum Gasteiger partial charge on any atom is 0.0644 e. The number of rotatable bonds is 0. The molecule has 0 atom stereocenters. The van der Waals surface area contributed by atoms with Crippen molar-refractivity contribution >= 4 is 18.8 Å². The monoisotopic (exact) mass is 125 g/mol. The zero-order valence-corrected chi connectivity index (χ0v) is 5.31. The summed E-state index contributed by atoms with van der Waals surface area (Å²) in [5.74, 6) is 0. The van der Waals surface area contributed by atoms with Gasteiger partial charge in [-0.1, -0.05) is 6.08 Å². The second kappa shape index (κ2) is 2.72. The van der Waals surface area contributed by atoms with Crippen LogP contribution in [0.1, 0.15) is 0 Å². The molecule has 0 N–H and O–H groups in total. The molecule has 1 aliphatic rings. The maximum absolute atomic E-state index is 4.00. The van der Waals surface area contributed by atoms with E-state index in [0.29, 0.717) is 0 Å². The molecule has 0 unspecified atom stereocenters. The molecule has 1 heterocycles. The molecule has 0 spiro atoms. The third kappa shape index (κ3) is 1.23. The Balaban J connectivity index is 2.66. The van der Waals surface area contributed by atoms with Crippen molar-refractivity contribution in [1.82, 2.24) is 0 Å². The predicted molar refractivity (Wildman–Crippen MR) is 39.6 cm³/mol. The Morgan fingerprint density at radius 3 is 3.00 bits per heavy atom. The summed E-state index contributed by atoms with van der Waals surface area (Å²) in [6, 6.07) is 0. The van der Waals surface area contributed by atoms with Crippen molar-refractivity contribution in [1.29, 1.82) is 0 Å². The molecule has 0 aliphatic carbocycles. The van der Waals surface area contributed by atoms with Gasteiger partial charge in [-0.2, -0.15) is 12.6 Å². The molecule has 2 heteroatoms. The van der Waals surface area contributed by atoms with Gasteiger partial charge in [-0.05, 0) is 17.1 Å². The van der Waals surface area contributed by atoms with Crippen LogP contribution in [0, 0.1) is 0 Å². The van der Waals surface area contributed by atoms with E-state index < -0.39 is 0 Å². The number of hydrogen-bond acceptors (Lipinski definition) is 2. The highest BCUT2D eigenvalue weighted by molar-refractivity contribution is 7.83. The lowest BCUT2D eigenvalue weighted by Gasteiger charge is -1.96. The minimum absolute atomic E-state index is 0.778. The molecule has 1 rings (SSSR count). The average Bonchev–Trinajstić information content (AvgIpc) is 1.90. The average molecular weight is 125 g/mol. The molecule has 8 heavy (non-hydrogen) atoms. The fourth-order valence-corrected chi connectivity index (χ4v) is 0.690. The minimum Gasteiger partial charge on any atom is -0.288 e. The second-order valence-corrected chi connectivity index (χ2v) is 1.81. The van der Waals surface area contributed by atoms with Crippen LogP contribution in [-0.2, 0) is 0 Å². The summed E-state index contributed by atoms with van der Waals surface area (Å²) < 4.78 is 0. The van der Waals surface area contributed by atoms with E-state index in [1.54, 1.807) is 11.6 Å². The summed E-state index contributed by atoms with van der Waals surface area (Å²) in [7, 11) is 0. The Kier molecular flexibility index (Phi) is 1.92. The van der Waals surface area contributed by atoms with Gasteiger partial charge in [0, 0.05) is 6.21 Å². The normalized spacial score (nSPS) is 22.4. The Morgan fingerprint density at radius 2 is 2.62 bits per heavy atom. The van der Waals surface area contributed by atoms with Crippen LogP contribution in [0.25, 0.3) is 0 Å². The van der Waals surface area contributed by atoms with E-state index in [4.69, 9.17) is 0 Å². The standard InChI is InChI=1S/C6H7NS/c8-5-6-2-1-3-7-4-6/h1-3,5,8H,4H2/b6-5+.